The lowest BCUT2D eigenvalue weighted by Gasteiger charge is -2.46. The summed E-state index contributed by atoms with van der Waals surface area (Å²) in [6.45, 7) is 22.6. The van der Waals surface area contributed by atoms with Gasteiger partial charge in [0, 0.05) is 11.1 Å². The molecule has 30 heavy (non-hydrogen) atoms. The van der Waals surface area contributed by atoms with Crippen LogP contribution in [0.1, 0.15) is 74.8 Å². The Morgan fingerprint density at radius 1 is 0.900 bits per heavy atom. The maximum Gasteiger partial charge on any atom is 0.511 e. The first-order chi connectivity index (χ1) is 13.8. The molecule has 2 heterocycles. The van der Waals surface area contributed by atoms with E-state index in [0.717, 1.165) is 11.0 Å². The first-order valence-electron chi connectivity index (χ1n) is 11.2. The molecule has 1 aliphatic rings. The fourth-order valence-corrected chi connectivity index (χ4v) is 12.4. The Morgan fingerprint density at radius 2 is 1.40 bits per heavy atom. The Kier molecular flexibility index (Phi) is 5.82. The lowest BCUT2D eigenvalue weighted by atomic mass is 9.85. The molecule has 1 fully saturated rings. The molecular formula is C24H37BN2O2Si. The van der Waals surface area contributed by atoms with E-state index in [9.17, 15) is 5.26 Å². The molecule has 0 amide bonds. The van der Waals surface area contributed by atoms with Crippen molar-refractivity contribution >= 4 is 31.9 Å². The van der Waals surface area contributed by atoms with E-state index in [1.165, 1.54) is 5.52 Å². The van der Waals surface area contributed by atoms with Crippen molar-refractivity contribution in [1.29, 1.82) is 5.26 Å². The number of aromatic nitrogens is 1. The molecule has 1 aromatic carbocycles. The Labute approximate surface area is 183 Å². The molecule has 0 radical (unpaired) electrons. The number of hydrogen-bond acceptors (Lipinski definition) is 3. The average Bonchev–Trinajstić information content (AvgIpc) is 3.08. The van der Waals surface area contributed by atoms with Gasteiger partial charge in [-0.3, -0.25) is 0 Å². The monoisotopic (exact) mass is 424 g/mol. The van der Waals surface area contributed by atoms with Crippen LogP contribution < -0.4 is 5.59 Å². The molecule has 0 bridgehead atoms. The van der Waals surface area contributed by atoms with Gasteiger partial charge in [-0.15, -0.1) is 0 Å². The normalized spacial score (nSPS) is 18.7. The standard InChI is InChI=1S/C24H37BN2O2Si/c1-16(2)30(17(3)4,18(5)6)27-21-12-11-19(15-26)13-20(21)14-22(27)25-28-23(7,8)24(9,10)29-25/h11-14,16-18H,1-10H3. The van der Waals surface area contributed by atoms with Gasteiger partial charge in [0.1, 0.15) is 0 Å². The van der Waals surface area contributed by atoms with Crippen molar-refractivity contribution < 1.29 is 9.31 Å². The van der Waals surface area contributed by atoms with E-state index < -0.39 is 26.6 Å². The molecule has 1 saturated heterocycles. The second-order valence-corrected chi connectivity index (χ2v) is 16.4. The molecule has 0 N–H and O–H groups in total. The summed E-state index contributed by atoms with van der Waals surface area (Å²) in [6.07, 6.45) is 0. The number of fused-ring (bicyclic) bond motifs is 1. The maximum absolute atomic E-state index is 9.45. The smallest absolute Gasteiger partial charge is 0.398 e. The van der Waals surface area contributed by atoms with E-state index >= 15 is 0 Å². The Bertz CT molecular complexity index is 947. The fraction of sp³-hybridized carbons (Fsp3) is 0.625. The SMILES string of the molecule is CC(C)[Si](C(C)C)(C(C)C)n1c(B2OC(C)(C)C(C)(C)O2)cc2cc(C#N)ccc21. The second kappa shape index (κ2) is 7.55. The number of nitriles is 1. The van der Waals surface area contributed by atoms with Crippen molar-refractivity contribution in [3.05, 3.63) is 29.8 Å². The highest BCUT2D eigenvalue weighted by Crippen LogP contribution is 2.45. The fourth-order valence-electron chi connectivity index (χ4n) is 5.65. The molecule has 4 nitrogen and oxygen atoms in total. The zero-order valence-electron chi connectivity index (χ0n) is 20.3. The molecule has 0 atom stereocenters. The topological polar surface area (TPSA) is 47.2 Å². The van der Waals surface area contributed by atoms with Gasteiger partial charge in [-0.25, -0.2) is 0 Å². The van der Waals surface area contributed by atoms with E-state index in [1.54, 1.807) is 0 Å². The van der Waals surface area contributed by atoms with Crippen molar-refractivity contribution in [2.24, 2.45) is 0 Å². The first-order valence-corrected chi connectivity index (χ1v) is 13.4. The molecule has 1 aromatic heterocycles. The summed E-state index contributed by atoms with van der Waals surface area (Å²) < 4.78 is 15.7. The molecule has 2 aromatic rings. The van der Waals surface area contributed by atoms with Crippen LogP contribution in [-0.4, -0.2) is 30.8 Å². The minimum Gasteiger partial charge on any atom is -0.398 e. The van der Waals surface area contributed by atoms with Crippen LogP contribution >= 0.6 is 0 Å². The Morgan fingerprint density at radius 3 is 1.83 bits per heavy atom. The van der Waals surface area contributed by atoms with E-state index in [0.29, 0.717) is 22.2 Å². The highest BCUT2D eigenvalue weighted by Gasteiger charge is 2.55. The Hall–Kier alpha value is -1.55. The third-order valence-electron chi connectivity index (χ3n) is 7.62. The molecule has 1 aliphatic heterocycles. The predicted octanol–water partition coefficient (Wildman–Crippen LogP) is 5.84. The lowest BCUT2D eigenvalue weighted by molar-refractivity contribution is 0.00578. The van der Waals surface area contributed by atoms with Gasteiger partial charge in [0.25, 0.3) is 0 Å². The van der Waals surface area contributed by atoms with Crippen LogP contribution in [0.2, 0.25) is 16.6 Å². The highest BCUT2D eigenvalue weighted by atomic mass is 28.3. The van der Waals surface area contributed by atoms with Gasteiger partial charge in [-0.2, -0.15) is 5.26 Å². The predicted molar refractivity (Wildman–Crippen MR) is 129 cm³/mol. The minimum atomic E-state index is -2.07. The zero-order chi connectivity index (χ0) is 22.6. The molecule has 0 aliphatic carbocycles. The van der Waals surface area contributed by atoms with Crippen molar-refractivity contribution in [1.82, 2.24) is 4.23 Å². The molecule has 3 rings (SSSR count). The van der Waals surface area contributed by atoms with Gasteiger partial charge in [0.05, 0.1) is 22.8 Å². The molecule has 0 saturated carbocycles. The second-order valence-electron chi connectivity index (χ2n) is 10.7. The summed E-state index contributed by atoms with van der Waals surface area (Å²) in [5.41, 5.74) is 3.79. The summed E-state index contributed by atoms with van der Waals surface area (Å²) in [7, 11) is -2.49. The Balaban J connectivity index is 2.37. The van der Waals surface area contributed by atoms with Gasteiger partial charge < -0.3 is 13.5 Å². The van der Waals surface area contributed by atoms with E-state index in [1.807, 2.05) is 12.1 Å². The maximum atomic E-state index is 9.45. The van der Waals surface area contributed by atoms with E-state index in [-0.39, 0.29) is 0 Å². The van der Waals surface area contributed by atoms with Gasteiger partial charge in [0.2, 0.25) is 0 Å². The quantitative estimate of drug-likeness (QED) is 0.567. The van der Waals surface area contributed by atoms with Crippen molar-refractivity contribution in [2.45, 2.75) is 97.1 Å². The van der Waals surface area contributed by atoms with Crippen LogP contribution in [0.25, 0.3) is 10.9 Å². The lowest BCUT2D eigenvalue weighted by Crippen LogP contribution is -2.58. The van der Waals surface area contributed by atoms with Gasteiger partial charge >= 0.3 is 7.12 Å². The summed E-state index contributed by atoms with van der Waals surface area (Å²) in [5.74, 6) is 0. The van der Waals surface area contributed by atoms with Crippen molar-refractivity contribution in [3.63, 3.8) is 0 Å². The minimum absolute atomic E-state index is 0.394. The summed E-state index contributed by atoms with van der Waals surface area (Å²) >= 11 is 0. The van der Waals surface area contributed by atoms with Gasteiger partial charge in [0.15, 0.2) is 8.24 Å². The summed E-state index contributed by atoms with van der Waals surface area (Å²) in [4.78, 5) is 0. The summed E-state index contributed by atoms with van der Waals surface area (Å²) in [6, 6.07) is 10.6. The number of hydrogen-bond donors (Lipinski definition) is 0. The number of rotatable bonds is 5. The van der Waals surface area contributed by atoms with Crippen molar-refractivity contribution in [2.75, 3.05) is 0 Å². The van der Waals surface area contributed by atoms with Crippen LogP contribution in [0.3, 0.4) is 0 Å². The third kappa shape index (κ3) is 3.26. The van der Waals surface area contributed by atoms with Gasteiger partial charge in [-0.05, 0) is 74.0 Å². The van der Waals surface area contributed by atoms with E-state index in [4.69, 9.17) is 9.31 Å². The third-order valence-corrected chi connectivity index (χ3v) is 14.4. The van der Waals surface area contributed by atoms with Gasteiger partial charge in [-0.1, -0.05) is 41.5 Å². The highest BCUT2D eigenvalue weighted by molar-refractivity contribution is 6.84. The van der Waals surface area contributed by atoms with Crippen LogP contribution in [0.5, 0.6) is 0 Å². The molecule has 162 valence electrons. The van der Waals surface area contributed by atoms with Crippen LogP contribution in [0, 0.1) is 11.3 Å². The largest absolute Gasteiger partial charge is 0.511 e. The van der Waals surface area contributed by atoms with Crippen LogP contribution in [0.4, 0.5) is 0 Å². The summed E-state index contributed by atoms with van der Waals surface area (Å²) in [5, 5.41) is 10.5. The molecule has 6 heteroatoms. The first kappa shape index (κ1) is 23.1. The molecular weight excluding hydrogens is 387 g/mol. The average molecular weight is 424 g/mol. The number of nitrogens with zero attached hydrogens (tertiary/aromatic N) is 2. The number of benzene rings is 1. The van der Waals surface area contributed by atoms with E-state index in [2.05, 4.69) is 91.7 Å². The van der Waals surface area contributed by atoms with Crippen LogP contribution in [0.15, 0.2) is 24.3 Å². The zero-order valence-corrected chi connectivity index (χ0v) is 21.3. The molecule has 0 spiro atoms. The molecule has 0 unspecified atom stereocenters. The van der Waals surface area contributed by atoms with Crippen molar-refractivity contribution in [3.8, 4) is 6.07 Å². The van der Waals surface area contributed by atoms with Crippen LogP contribution in [-0.2, 0) is 9.31 Å².